The van der Waals surface area contributed by atoms with Crippen LogP contribution in [0.15, 0.2) is 24.3 Å². The number of benzene rings is 1. The van der Waals surface area contributed by atoms with Gasteiger partial charge in [0.1, 0.15) is 0 Å². The van der Waals surface area contributed by atoms with Crippen LogP contribution in [0, 0.1) is 5.92 Å². The van der Waals surface area contributed by atoms with Crippen LogP contribution >= 0.6 is 0 Å². The van der Waals surface area contributed by atoms with Crippen LogP contribution in [0.5, 0.6) is 0 Å². The number of rotatable bonds is 5. The van der Waals surface area contributed by atoms with Crippen molar-refractivity contribution in [1.29, 1.82) is 0 Å². The first-order valence-electron chi connectivity index (χ1n) is 6.95. The number of amides is 2. The van der Waals surface area contributed by atoms with Crippen molar-refractivity contribution in [2.24, 2.45) is 5.92 Å². The molecule has 1 fully saturated rings. The van der Waals surface area contributed by atoms with E-state index in [4.69, 9.17) is 4.74 Å². The first-order chi connectivity index (χ1) is 10.1. The lowest BCUT2D eigenvalue weighted by atomic mass is 10.1. The van der Waals surface area contributed by atoms with Crippen LogP contribution in [-0.2, 0) is 14.3 Å². The predicted octanol–water partition coefficient (Wildman–Crippen LogP) is 1.33. The predicted molar refractivity (Wildman–Crippen MR) is 76.8 cm³/mol. The fourth-order valence-electron chi connectivity index (χ4n) is 2.00. The number of anilines is 1. The van der Waals surface area contributed by atoms with Crippen molar-refractivity contribution in [3.05, 3.63) is 29.8 Å². The molecule has 2 N–H and O–H groups in total. The lowest BCUT2D eigenvalue weighted by Gasteiger charge is -2.09. The first kappa shape index (κ1) is 15.0. The Bertz CT molecular complexity index is 539. The fraction of sp³-hybridized carbons (Fsp3) is 0.400. The van der Waals surface area contributed by atoms with Crippen molar-refractivity contribution in [2.45, 2.75) is 19.8 Å². The summed E-state index contributed by atoms with van der Waals surface area (Å²) in [7, 11) is 0. The van der Waals surface area contributed by atoms with Gasteiger partial charge in [0.15, 0.2) is 0 Å². The second kappa shape index (κ2) is 6.88. The summed E-state index contributed by atoms with van der Waals surface area (Å²) in [6, 6.07) is 6.49. The summed E-state index contributed by atoms with van der Waals surface area (Å²) in [6.45, 7) is 2.68. The van der Waals surface area contributed by atoms with Crippen molar-refractivity contribution in [3.8, 4) is 0 Å². The number of carbonyl (C=O) groups excluding carboxylic acids is 3. The first-order valence-corrected chi connectivity index (χ1v) is 6.95. The summed E-state index contributed by atoms with van der Waals surface area (Å²) in [4.78, 5) is 34.6. The van der Waals surface area contributed by atoms with Crippen LogP contribution in [-0.4, -0.2) is 30.9 Å². The molecule has 1 heterocycles. The lowest BCUT2D eigenvalue weighted by molar-refractivity contribution is -0.123. The molecule has 1 aromatic rings. The molecule has 1 aromatic carbocycles. The van der Waals surface area contributed by atoms with Crippen LogP contribution in [0.2, 0.25) is 0 Å². The molecule has 0 aliphatic carbocycles. The smallest absolute Gasteiger partial charge is 0.338 e. The van der Waals surface area contributed by atoms with Gasteiger partial charge < -0.3 is 15.4 Å². The standard InChI is InChI=1S/C15H18N2O4/c1-2-7-21-15(20)10-3-5-12(6-4-10)17-14(19)11-8-13(18)16-9-11/h3-6,11H,2,7-9H2,1H3,(H,16,18)(H,17,19). The topological polar surface area (TPSA) is 84.5 Å². The van der Waals surface area contributed by atoms with Crippen molar-refractivity contribution in [1.82, 2.24) is 5.32 Å². The summed E-state index contributed by atoms with van der Waals surface area (Å²) in [5, 5.41) is 5.35. The minimum absolute atomic E-state index is 0.107. The molecule has 112 valence electrons. The molecule has 0 aromatic heterocycles. The van der Waals surface area contributed by atoms with Gasteiger partial charge in [0.2, 0.25) is 11.8 Å². The molecule has 6 heteroatoms. The van der Waals surface area contributed by atoms with Crippen LogP contribution in [0.1, 0.15) is 30.1 Å². The Morgan fingerprint density at radius 2 is 2.05 bits per heavy atom. The Labute approximate surface area is 122 Å². The molecule has 1 aliphatic heterocycles. The second-order valence-electron chi connectivity index (χ2n) is 4.91. The van der Waals surface area contributed by atoms with Crippen molar-refractivity contribution < 1.29 is 19.1 Å². The average Bonchev–Trinajstić information content (AvgIpc) is 2.92. The van der Waals surface area contributed by atoms with E-state index in [1.807, 2.05) is 6.92 Å². The minimum atomic E-state index is -0.375. The van der Waals surface area contributed by atoms with Gasteiger partial charge in [0, 0.05) is 18.7 Å². The van der Waals surface area contributed by atoms with E-state index in [2.05, 4.69) is 10.6 Å². The third-order valence-electron chi connectivity index (χ3n) is 3.17. The molecule has 1 saturated heterocycles. The molecule has 0 bridgehead atoms. The summed E-state index contributed by atoms with van der Waals surface area (Å²) in [5.74, 6) is -1.02. The van der Waals surface area contributed by atoms with Gasteiger partial charge in [-0.05, 0) is 30.7 Å². The average molecular weight is 290 g/mol. The summed E-state index contributed by atoms with van der Waals surface area (Å²) < 4.78 is 5.02. The Morgan fingerprint density at radius 1 is 1.33 bits per heavy atom. The largest absolute Gasteiger partial charge is 0.462 e. The molecule has 0 saturated carbocycles. The highest BCUT2D eigenvalue weighted by Gasteiger charge is 2.27. The van der Waals surface area contributed by atoms with Gasteiger partial charge >= 0.3 is 5.97 Å². The maximum absolute atomic E-state index is 11.9. The van der Waals surface area contributed by atoms with Gasteiger partial charge in [0.25, 0.3) is 0 Å². The van der Waals surface area contributed by atoms with Gasteiger partial charge in [-0.25, -0.2) is 4.79 Å². The monoisotopic (exact) mass is 290 g/mol. The number of esters is 1. The third-order valence-corrected chi connectivity index (χ3v) is 3.17. The maximum atomic E-state index is 11.9. The zero-order valence-corrected chi connectivity index (χ0v) is 11.8. The van der Waals surface area contributed by atoms with Gasteiger partial charge in [-0.2, -0.15) is 0 Å². The Morgan fingerprint density at radius 3 is 2.62 bits per heavy atom. The number of carbonyl (C=O) groups is 3. The summed E-state index contributed by atoms with van der Waals surface area (Å²) in [6.07, 6.45) is 0.987. The molecule has 2 rings (SSSR count). The fourth-order valence-corrected chi connectivity index (χ4v) is 2.00. The SMILES string of the molecule is CCCOC(=O)c1ccc(NC(=O)C2CNC(=O)C2)cc1. The van der Waals surface area contributed by atoms with E-state index in [0.717, 1.165) is 6.42 Å². The molecule has 0 radical (unpaired) electrons. The lowest BCUT2D eigenvalue weighted by Crippen LogP contribution is -2.24. The van der Waals surface area contributed by atoms with Crippen molar-refractivity contribution in [2.75, 3.05) is 18.5 Å². The third kappa shape index (κ3) is 4.05. The number of ether oxygens (including phenoxy) is 1. The highest BCUT2D eigenvalue weighted by molar-refractivity contribution is 5.97. The minimum Gasteiger partial charge on any atom is -0.462 e. The normalized spacial score (nSPS) is 17.2. The Kier molecular flexibility index (Phi) is 4.92. The zero-order chi connectivity index (χ0) is 15.2. The molecule has 6 nitrogen and oxygen atoms in total. The molecule has 1 atom stereocenters. The Hall–Kier alpha value is -2.37. The Balaban J connectivity index is 1.91. The van der Waals surface area contributed by atoms with E-state index in [1.165, 1.54) is 0 Å². The van der Waals surface area contributed by atoms with E-state index in [0.29, 0.717) is 24.4 Å². The van der Waals surface area contributed by atoms with Crippen LogP contribution < -0.4 is 10.6 Å². The molecule has 0 spiro atoms. The second-order valence-corrected chi connectivity index (χ2v) is 4.91. The van der Waals surface area contributed by atoms with E-state index >= 15 is 0 Å². The highest BCUT2D eigenvalue weighted by atomic mass is 16.5. The van der Waals surface area contributed by atoms with Gasteiger partial charge in [-0.3, -0.25) is 9.59 Å². The maximum Gasteiger partial charge on any atom is 0.338 e. The zero-order valence-electron chi connectivity index (χ0n) is 11.8. The number of nitrogens with one attached hydrogen (secondary N) is 2. The van der Waals surface area contributed by atoms with Crippen LogP contribution in [0.4, 0.5) is 5.69 Å². The highest BCUT2D eigenvalue weighted by Crippen LogP contribution is 2.15. The molecule has 2 amide bonds. The van der Waals surface area contributed by atoms with Gasteiger partial charge in [-0.15, -0.1) is 0 Å². The molecular weight excluding hydrogens is 272 g/mol. The van der Waals surface area contributed by atoms with E-state index < -0.39 is 0 Å². The molecule has 1 aliphatic rings. The van der Waals surface area contributed by atoms with Crippen LogP contribution in [0.3, 0.4) is 0 Å². The summed E-state index contributed by atoms with van der Waals surface area (Å²) in [5.41, 5.74) is 1.03. The van der Waals surface area contributed by atoms with Gasteiger partial charge in [-0.1, -0.05) is 6.92 Å². The van der Waals surface area contributed by atoms with Crippen LogP contribution in [0.25, 0.3) is 0 Å². The molecule has 21 heavy (non-hydrogen) atoms. The molecular formula is C15H18N2O4. The van der Waals surface area contributed by atoms with E-state index in [1.54, 1.807) is 24.3 Å². The van der Waals surface area contributed by atoms with E-state index in [9.17, 15) is 14.4 Å². The number of hydrogen-bond donors (Lipinski definition) is 2. The molecule has 1 unspecified atom stereocenters. The number of hydrogen-bond acceptors (Lipinski definition) is 4. The van der Waals surface area contributed by atoms with E-state index in [-0.39, 0.29) is 30.1 Å². The summed E-state index contributed by atoms with van der Waals surface area (Å²) >= 11 is 0. The van der Waals surface area contributed by atoms with Crippen molar-refractivity contribution in [3.63, 3.8) is 0 Å². The van der Waals surface area contributed by atoms with Gasteiger partial charge in [0.05, 0.1) is 18.1 Å². The quantitative estimate of drug-likeness (QED) is 0.801. The van der Waals surface area contributed by atoms with Crippen molar-refractivity contribution >= 4 is 23.5 Å².